The van der Waals surface area contributed by atoms with Crippen molar-refractivity contribution in [2.24, 2.45) is 0 Å². The number of hydrogen-bond acceptors (Lipinski definition) is 5. The Morgan fingerprint density at radius 2 is 0.860 bits per heavy atom. The highest BCUT2D eigenvalue weighted by Crippen LogP contribution is 2.66. The Hall–Kier alpha value is -11.6. The van der Waals surface area contributed by atoms with Gasteiger partial charge in [-0.05, 0) is 125 Å². The Labute approximate surface area is 494 Å². The smallest absolute Gasteiger partial charge is 0.229 e. The molecule has 0 saturated carbocycles. The molecule has 3 aromatic heterocycles. The van der Waals surface area contributed by atoms with Gasteiger partial charge < -0.3 is 23.2 Å². The summed E-state index contributed by atoms with van der Waals surface area (Å²) in [5.41, 5.74) is 21.0. The van der Waals surface area contributed by atoms with Gasteiger partial charge in [-0.25, -0.2) is 4.85 Å². The lowest BCUT2D eigenvalue weighted by atomic mass is 9.65. The molecule has 0 N–H and O–H groups in total. The number of fused-ring (bicyclic) bond motifs is 22. The van der Waals surface area contributed by atoms with Crippen LogP contribution in [0.15, 0.2) is 258 Å². The first-order valence-electron chi connectivity index (χ1n) is 29.1. The number of para-hydroxylation sites is 7. The molecule has 0 saturated heterocycles. The Kier molecular flexibility index (Phi) is 9.86. The molecule has 0 bridgehead atoms. The van der Waals surface area contributed by atoms with Crippen LogP contribution in [-0.4, -0.2) is 4.57 Å². The van der Waals surface area contributed by atoms with Crippen LogP contribution in [-0.2, 0) is 5.41 Å². The molecule has 400 valence electrons. The number of furan rings is 2. The van der Waals surface area contributed by atoms with Gasteiger partial charge in [0.2, 0.25) is 5.69 Å². The summed E-state index contributed by atoms with van der Waals surface area (Å²) in [5.74, 6) is 0. The van der Waals surface area contributed by atoms with Gasteiger partial charge in [0.1, 0.15) is 11.7 Å². The zero-order chi connectivity index (χ0) is 57.1. The highest BCUT2D eigenvalue weighted by atomic mass is 16.3. The first-order valence-corrected chi connectivity index (χ1v) is 29.1. The van der Waals surface area contributed by atoms with Crippen molar-refractivity contribution in [1.82, 2.24) is 4.57 Å². The van der Waals surface area contributed by atoms with Crippen LogP contribution in [0, 0.1) is 31.8 Å². The summed E-state index contributed by atoms with van der Waals surface area (Å²) < 4.78 is 16.5. The van der Waals surface area contributed by atoms with E-state index in [4.69, 9.17) is 15.4 Å². The molecule has 0 amide bonds. The summed E-state index contributed by atoms with van der Waals surface area (Å²) in [5, 5.41) is 20.9. The molecule has 1 aliphatic carbocycles. The number of nitriles is 1. The predicted octanol–water partition coefficient (Wildman–Crippen LogP) is 21.5. The van der Waals surface area contributed by atoms with Crippen LogP contribution in [0.5, 0.6) is 0 Å². The fourth-order valence-corrected chi connectivity index (χ4v) is 15.0. The minimum atomic E-state index is -0.941. The molecule has 0 radical (unpaired) electrons. The second kappa shape index (κ2) is 17.7. The molecular formula is C79H47N5O2. The van der Waals surface area contributed by atoms with Gasteiger partial charge in [-0.1, -0.05) is 193 Å². The van der Waals surface area contributed by atoms with Crippen LogP contribution in [0.2, 0.25) is 0 Å². The molecule has 4 heterocycles. The Balaban J connectivity index is 1.03. The lowest BCUT2D eigenvalue weighted by Gasteiger charge is -2.40. The molecule has 1 atom stereocenters. The van der Waals surface area contributed by atoms with E-state index in [1.165, 1.54) is 38.5 Å². The lowest BCUT2D eigenvalue weighted by molar-refractivity contribution is 0.668. The predicted molar refractivity (Wildman–Crippen MR) is 351 cm³/mol. The van der Waals surface area contributed by atoms with E-state index in [1.54, 1.807) is 0 Å². The molecule has 7 nitrogen and oxygen atoms in total. The van der Waals surface area contributed by atoms with Crippen molar-refractivity contribution in [2.75, 3.05) is 9.80 Å². The standard InChI is InChI=1S/C79H47N5O2/c1-46-35-39-49(40-36-46)82(68-33-15-26-59-57-24-12-17-48(45-80)75(57)85-77(59)68)70-43-63-72(54-21-6-4-18-51(54)70)73-55-22-7-5-19-52(55)71(83(50-41-37-47(2)38-42-50)69-34-16-27-60-58-25-14-30-65(81-3)76(58)86-78(60)69)44-64(73)79(63)61-28-9-11-32-67(61)84-66-31-10-8-20-53(66)56-23-13-29-62(79)74(56)84/h4-44H,1-2H3. The zero-order valence-corrected chi connectivity index (χ0v) is 46.7. The van der Waals surface area contributed by atoms with E-state index in [-0.39, 0.29) is 0 Å². The summed E-state index contributed by atoms with van der Waals surface area (Å²) in [6, 6.07) is 92.2. The fraction of sp³-hybridized carbons (Fsp3) is 0.0380. The number of benzene rings is 13. The zero-order valence-electron chi connectivity index (χ0n) is 46.7. The number of nitrogens with zero attached hydrogens (tertiary/aromatic N) is 5. The van der Waals surface area contributed by atoms with Gasteiger partial charge in [-0.3, -0.25) is 0 Å². The van der Waals surface area contributed by atoms with Crippen molar-refractivity contribution in [3.63, 3.8) is 0 Å². The molecule has 86 heavy (non-hydrogen) atoms. The molecule has 1 unspecified atom stereocenters. The molecule has 2 aliphatic rings. The Bertz CT molecular complexity index is 5460. The third kappa shape index (κ3) is 6.27. The van der Waals surface area contributed by atoms with E-state index in [0.717, 1.165) is 111 Å². The van der Waals surface area contributed by atoms with Gasteiger partial charge in [0.25, 0.3) is 0 Å². The van der Waals surface area contributed by atoms with Crippen LogP contribution in [0.4, 0.5) is 39.8 Å². The van der Waals surface area contributed by atoms with Gasteiger partial charge >= 0.3 is 0 Å². The van der Waals surface area contributed by atoms with Crippen LogP contribution in [0.3, 0.4) is 0 Å². The van der Waals surface area contributed by atoms with Gasteiger partial charge in [0.05, 0.1) is 57.0 Å². The van der Waals surface area contributed by atoms with Crippen molar-refractivity contribution < 1.29 is 8.83 Å². The number of aryl methyl sites for hydroxylation is 2. The van der Waals surface area contributed by atoms with Crippen LogP contribution >= 0.6 is 0 Å². The third-order valence-electron chi connectivity index (χ3n) is 18.5. The van der Waals surface area contributed by atoms with Gasteiger partial charge in [-0.2, -0.15) is 5.26 Å². The van der Waals surface area contributed by atoms with E-state index in [0.29, 0.717) is 33.6 Å². The van der Waals surface area contributed by atoms with Crippen molar-refractivity contribution in [1.29, 1.82) is 5.26 Å². The Morgan fingerprint density at radius 3 is 1.45 bits per heavy atom. The first-order chi connectivity index (χ1) is 42.4. The average molecular weight is 1100 g/mol. The molecule has 16 aromatic rings. The number of aromatic nitrogens is 1. The summed E-state index contributed by atoms with van der Waals surface area (Å²) in [4.78, 5) is 8.71. The third-order valence-corrected chi connectivity index (χ3v) is 18.5. The molecule has 7 heteroatoms. The quantitative estimate of drug-likeness (QED) is 0.155. The number of hydrogen-bond donors (Lipinski definition) is 0. The van der Waals surface area contributed by atoms with E-state index >= 15 is 0 Å². The van der Waals surface area contributed by atoms with Crippen molar-refractivity contribution in [3.05, 3.63) is 299 Å². The van der Waals surface area contributed by atoms with E-state index < -0.39 is 5.41 Å². The largest absolute Gasteiger partial charge is 0.465 e. The summed E-state index contributed by atoms with van der Waals surface area (Å²) in [6.07, 6.45) is 0. The number of anilines is 6. The maximum absolute atomic E-state index is 10.4. The fourth-order valence-electron chi connectivity index (χ4n) is 15.0. The number of rotatable bonds is 6. The lowest BCUT2D eigenvalue weighted by Crippen LogP contribution is -2.34. The molecule has 18 rings (SSSR count). The van der Waals surface area contributed by atoms with Crippen molar-refractivity contribution in [2.45, 2.75) is 19.3 Å². The molecular weight excluding hydrogens is 1050 g/mol. The van der Waals surface area contributed by atoms with Gasteiger partial charge in [-0.15, -0.1) is 0 Å². The van der Waals surface area contributed by atoms with E-state index in [2.05, 4.69) is 264 Å². The molecule has 1 aliphatic heterocycles. The highest BCUT2D eigenvalue weighted by molar-refractivity contribution is 6.22. The molecule has 0 fully saturated rings. The van der Waals surface area contributed by atoms with Crippen LogP contribution in [0.25, 0.3) is 109 Å². The summed E-state index contributed by atoms with van der Waals surface area (Å²) in [7, 11) is 0. The maximum atomic E-state index is 10.4. The normalized spacial score (nSPS) is 14.0. The van der Waals surface area contributed by atoms with Gasteiger partial charge in [0, 0.05) is 54.5 Å². The topological polar surface area (TPSA) is 65.8 Å². The molecule has 1 spiro atoms. The SMILES string of the molecule is [C-]#[N+]c1cccc2c1oc1c(N(c3ccc(C)cc3)c3cc4c(c5ccccc35)-c3c(cc(N(c5ccc(C)cc5)c5cccc6c5oc5c(C#N)cccc56)c5ccccc35)C43c4ccccc4-n4c5ccccc5c5cccc3c54)cccc12. The van der Waals surface area contributed by atoms with E-state index in [9.17, 15) is 5.26 Å². The highest BCUT2D eigenvalue weighted by Gasteiger charge is 2.53. The van der Waals surface area contributed by atoms with Crippen LogP contribution in [0.1, 0.15) is 38.9 Å². The minimum Gasteiger partial charge on any atom is -0.465 e. The summed E-state index contributed by atoms with van der Waals surface area (Å²) in [6.45, 7) is 12.5. The summed E-state index contributed by atoms with van der Waals surface area (Å²) >= 11 is 0. The minimum absolute atomic E-state index is 0.478. The second-order valence-corrected chi connectivity index (χ2v) is 23.0. The monoisotopic (exact) mass is 1100 g/mol. The second-order valence-electron chi connectivity index (χ2n) is 23.0. The van der Waals surface area contributed by atoms with Crippen molar-refractivity contribution in [3.8, 4) is 22.9 Å². The first kappa shape index (κ1) is 47.9. The Morgan fingerprint density at radius 1 is 0.407 bits per heavy atom. The maximum Gasteiger partial charge on any atom is 0.229 e. The van der Waals surface area contributed by atoms with E-state index in [1.807, 2.05) is 24.3 Å². The van der Waals surface area contributed by atoms with Crippen molar-refractivity contribution >= 4 is 127 Å². The van der Waals surface area contributed by atoms with Crippen LogP contribution < -0.4 is 9.80 Å². The van der Waals surface area contributed by atoms with Gasteiger partial charge in [0.15, 0.2) is 16.7 Å². The average Bonchev–Trinajstić information content (AvgIpc) is 1.47. The molecule has 13 aromatic carbocycles.